The summed E-state index contributed by atoms with van der Waals surface area (Å²) < 4.78 is 16.7. The Kier molecular flexibility index (Phi) is 8.51. The van der Waals surface area contributed by atoms with E-state index >= 15 is 0 Å². The molecule has 0 fully saturated rings. The van der Waals surface area contributed by atoms with Crippen LogP contribution >= 0.6 is 34.8 Å². The van der Waals surface area contributed by atoms with Gasteiger partial charge in [0.25, 0.3) is 0 Å². The molecule has 0 unspecified atom stereocenters. The van der Waals surface area contributed by atoms with Crippen molar-refractivity contribution in [2.75, 3.05) is 7.11 Å². The summed E-state index contributed by atoms with van der Waals surface area (Å²) in [6.45, 7) is 6.29. The minimum Gasteiger partial charge on any atom is -0.489 e. The van der Waals surface area contributed by atoms with Crippen molar-refractivity contribution in [1.82, 2.24) is 5.16 Å². The first kappa shape index (κ1) is 27.8. The van der Waals surface area contributed by atoms with E-state index in [-0.39, 0.29) is 18.0 Å². The molecule has 0 N–H and O–H groups in total. The van der Waals surface area contributed by atoms with E-state index in [1.807, 2.05) is 51.1 Å². The lowest BCUT2D eigenvalue weighted by molar-refractivity contribution is 0.0600. The van der Waals surface area contributed by atoms with Gasteiger partial charge in [0, 0.05) is 11.0 Å². The van der Waals surface area contributed by atoms with Crippen molar-refractivity contribution in [2.45, 2.75) is 32.8 Å². The molecule has 0 amide bonds. The quantitative estimate of drug-likeness (QED) is 0.164. The Hall–Kier alpha value is -3.25. The van der Waals surface area contributed by atoms with Crippen LogP contribution in [-0.4, -0.2) is 18.2 Å². The number of rotatable bonds is 7. The van der Waals surface area contributed by atoms with Crippen LogP contribution in [0.3, 0.4) is 0 Å². The zero-order valence-corrected chi connectivity index (χ0v) is 23.6. The predicted molar refractivity (Wildman–Crippen MR) is 153 cm³/mol. The number of methoxy groups -OCH3 is 1. The Labute approximate surface area is 236 Å². The van der Waals surface area contributed by atoms with E-state index in [4.69, 9.17) is 48.8 Å². The number of benzene rings is 3. The van der Waals surface area contributed by atoms with Crippen molar-refractivity contribution in [1.29, 1.82) is 0 Å². The second kappa shape index (κ2) is 11.6. The standard InChI is InChI=1S/C30H26Cl3NO4/c1-30(2,3)28-22(27(34-38-28)26-23(31)9-6-10-24(26)32)17-37-21-14-13-19(25(33)16-21)12-11-18-7-5-8-20(15-18)29(35)36-4/h5-16H,17H2,1-4H3/b12-11+. The number of nitrogens with zero attached hydrogens (tertiary/aromatic N) is 1. The van der Waals surface area contributed by atoms with Gasteiger partial charge in [-0.15, -0.1) is 0 Å². The van der Waals surface area contributed by atoms with E-state index in [0.717, 1.165) is 16.7 Å². The van der Waals surface area contributed by atoms with Crippen molar-refractivity contribution >= 4 is 52.9 Å². The number of esters is 1. The molecule has 0 saturated heterocycles. The van der Waals surface area contributed by atoms with Crippen molar-refractivity contribution in [3.63, 3.8) is 0 Å². The highest BCUT2D eigenvalue weighted by Gasteiger charge is 2.29. The molecule has 0 aliphatic rings. The Balaban J connectivity index is 1.57. The Morgan fingerprint density at radius 2 is 1.66 bits per heavy atom. The lowest BCUT2D eigenvalue weighted by atomic mass is 9.89. The Bertz CT molecular complexity index is 1480. The molecular weight excluding hydrogens is 545 g/mol. The van der Waals surface area contributed by atoms with Gasteiger partial charge in [0.15, 0.2) is 0 Å². The fourth-order valence-corrected chi connectivity index (χ4v) is 4.72. The molecule has 0 aliphatic carbocycles. The molecule has 1 aromatic heterocycles. The molecule has 0 radical (unpaired) electrons. The van der Waals surface area contributed by atoms with E-state index in [2.05, 4.69) is 5.16 Å². The number of aromatic nitrogens is 1. The van der Waals surface area contributed by atoms with E-state index in [0.29, 0.717) is 43.4 Å². The van der Waals surface area contributed by atoms with Crippen LogP contribution in [0.15, 0.2) is 65.2 Å². The van der Waals surface area contributed by atoms with Crippen LogP contribution in [0, 0.1) is 0 Å². The average molecular weight is 571 g/mol. The lowest BCUT2D eigenvalue weighted by Crippen LogP contribution is -2.14. The molecule has 1 heterocycles. The van der Waals surface area contributed by atoms with E-state index in [1.165, 1.54) is 7.11 Å². The van der Waals surface area contributed by atoms with Crippen LogP contribution in [0.4, 0.5) is 0 Å². The number of carbonyl (C=O) groups excluding carboxylic acids is 1. The summed E-state index contributed by atoms with van der Waals surface area (Å²) in [5, 5.41) is 5.77. The van der Waals surface area contributed by atoms with Gasteiger partial charge in [0.05, 0.1) is 33.3 Å². The third-order valence-corrected chi connectivity index (χ3v) is 6.74. The van der Waals surface area contributed by atoms with Crippen LogP contribution < -0.4 is 4.74 Å². The summed E-state index contributed by atoms with van der Waals surface area (Å²) in [7, 11) is 1.36. The molecule has 8 heteroatoms. The molecule has 38 heavy (non-hydrogen) atoms. The van der Waals surface area contributed by atoms with Crippen LogP contribution in [0.2, 0.25) is 15.1 Å². The average Bonchev–Trinajstić information content (AvgIpc) is 3.30. The molecule has 4 aromatic rings. The number of hydrogen-bond acceptors (Lipinski definition) is 5. The first-order valence-electron chi connectivity index (χ1n) is 11.8. The van der Waals surface area contributed by atoms with Crippen LogP contribution in [0.1, 0.15) is 53.6 Å². The molecule has 0 bridgehead atoms. The predicted octanol–water partition coefficient (Wildman–Crippen LogP) is 9.14. The molecule has 4 rings (SSSR count). The maximum absolute atomic E-state index is 11.8. The molecule has 5 nitrogen and oxygen atoms in total. The summed E-state index contributed by atoms with van der Waals surface area (Å²) >= 11 is 19.5. The third kappa shape index (κ3) is 6.24. The summed E-state index contributed by atoms with van der Waals surface area (Å²) in [5.74, 6) is 0.877. The Morgan fingerprint density at radius 3 is 2.32 bits per heavy atom. The number of hydrogen-bond donors (Lipinski definition) is 0. The van der Waals surface area contributed by atoms with Gasteiger partial charge in [0.1, 0.15) is 23.8 Å². The molecule has 0 atom stereocenters. The SMILES string of the molecule is COC(=O)c1cccc(/C=C/c2ccc(OCc3c(-c4c(Cl)cccc4Cl)noc3C(C)(C)C)cc2Cl)c1. The summed E-state index contributed by atoms with van der Waals surface area (Å²) in [5.41, 5.74) is 3.70. The fraction of sp³-hybridized carbons (Fsp3) is 0.200. The highest BCUT2D eigenvalue weighted by Crippen LogP contribution is 2.40. The van der Waals surface area contributed by atoms with Crippen molar-refractivity contribution in [2.24, 2.45) is 0 Å². The summed E-state index contributed by atoms with van der Waals surface area (Å²) in [4.78, 5) is 11.8. The molecule has 0 aliphatic heterocycles. The maximum Gasteiger partial charge on any atom is 0.337 e. The fourth-order valence-electron chi connectivity index (χ4n) is 3.91. The van der Waals surface area contributed by atoms with Gasteiger partial charge in [-0.1, -0.05) is 91.1 Å². The lowest BCUT2D eigenvalue weighted by Gasteiger charge is -2.17. The molecule has 196 valence electrons. The smallest absolute Gasteiger partial charge is 0.337 e. The number of carbonyl (C=O) groups is 1. The third-order valence-electron chi connectivity index (χ3n) is 5.79. The first-order chi connectivity index (χ1) is 18.1. The summed E-state index contributed by atoms with van der Waals surface area (Å²) in [6.07, 6.45) is 3.75. The largest absolute Gasteiger partial charge is 0.489 e. The van der Waals surface area contributed by atoms with Gasteiger partial charge >= 0.3 is 5.97 Å². The second-order valence-corrected chi connectivity index (χ2v) is 10.8. The molecular formula is C30H26Cl3NO4. The Morgan fingerprint density at radius 1 is 0.947 bits per heavy atom. The van der Waals surface area contributed by atoms with Gasteiger partial charge < -0.3 is 14.0 Å². The minimum absolute atomic E-state index is 0.179. The zero-order chi connectivity index (χ0) is 27.4. The highest BCUT2D eigenvalue weighted by molar-refractivity contribution is 6.39. The summed E-state index contributed by atoms with van der Waals surface area (Å²) in [6, 6.07) is 17.9. The van der Waals surface area contributed by atoms with Gasteiger partial charge in [-0.25, -0.2) is 4.79 Å². The highest BCUT2D eigenvalue weighted by atomic mass is 35.5. The van der Waals surface area contributed by atoms with Gasteiger partial charge in [-0.3, -0.25) is 0 Å². The van der Waals surface area contributed by atoms with Crippen molar-refractivity contribution in [3.05, 3.63) is 104 Å². The van der Waals surface area contributed by atoms with E-state index in [1.54, 1.807) is 42.5 Å². The normalized spacial score (nSPS) is 11.7. The second-order valence-electron chi connectivity index (χ2n) is 9.61. The van der Waals surface area contributed by atoms with E-state index < -0.39 is 0 Å². The topological polar surface area (TPSA) is 61.6 Å². The minimum atomic E-state index is -0.387. The first-order valence-corrected chi connectivity index (χ1v) is 12.9. The van der Waals surface area contributed by atoms with Crippen LogP contribution in [-0.2, 0) is 16.8 Å². The van der Waals surface area contributed by atoms with Gasteiger partial charge in [-0.05, 0) is 53.6 Å². The number of ether oxygens (including phenoxy) is 2. The molecule has 0 saturated carbocycles. The zero-order valence-electron chi connectivity index (χ0n) is 21.3. The van der Waals surface area contributed by atoms with Crippen LogP contribution in [0.5, 0.6) is 5.75 Å². The van der Waals surface area contributed by atoms with Crippen LogP contribution in [0.25, 0.3) is 23.4 Å². The van der Waals surface area contributed by atoms with Crippen molar-refractivity contribution in [3.8, 4) is 17.0 Å². The van der Waals surface area contributed by atoms with E-state index in [9.17, 15) is 4.79 Å². The maximum atomic E-state index is 11.8. The van der Waals surface area contributed by atoms with Gasteiger partial charge in [0.2, 0.25) is 0 Å². The van der Waals surface area contributed by atoms with Gasteiger partial charge in [-0.2, -0.15) is 0 Å². The molecule has 3 aromatic carbocycles. The number of halogens is 3. The van der Waals surface area contributed by atoms with Crippen molar-refractivity contribution < 1.29 is 18.8 Å². The molecule has 0 spiro atoms. The monoisotopic (exact) mass is 569 g/mol.